The molecule has 126 valence electrons. The average molecular weight is 367 g/mol. The number of rotatable bonds is 2. The SMILES string of the molecule is CN1CCN(C(=O)c2ccc(Cl)c(Cl)c2)CC1c1ccccc1F. The highest BCUT2D eigenvalue weighted by molar-refractivity contribution is 6.42. The van der Waals surface area contributed by atoms with Crippen LogP contribution in [-0.2, 0) is 0 Å². The van der Waals surface area contributed by atoms with Gasteiger partial charge in [0.05, 0.1) is 16.1 Å². The van der Waals surface area contributed by atoms with Crippen molar-refractivity contribution in [3.63, 3.8) is 0 Å². The van der Waals surface area contributed by atoms with Gasteiger partial charge in [0.25, 0.3) is 5.91 Å². The van der Waals surface area contributed by atoms with Crippen molar-refractivity contribution >= 4 is 29.1 Å². The molecule has 3 nitrogen and oxygen atoms in total. The molecule has 3 rings (SSSR count). The first kappa shape index (κ1) is 17.2. The van der Waals surface area contributed by atoms with E-state index >= 15 is 0 Å². The minimum atomic E-state index is -0.252. The lowest BCUT2D eigenvalue weighted by Gasteiger charge is -2.39. The van der Waals surface area contributed by atoms with Crippen LogP contribution >= 0.6 is 23.2 Å². The maximum Gasteiger partial charge on any atom is 0.254 e. The second-order valence-corrected chi connectivity index (χ2v) is 6.71. The predicted molar refractivity (Wildman–Crippen MR) is 94.1 cm³/mol. The quantitative estimate of drug-likeness (QED) is 0.792. The van der Waals surface area contributed by atoms with Gasteiger partial charge < -0.3 is 4.90 Å². The van der Waals surface area contributed by atoms with E-state index in [-0.39, 0.29) is 17.8 Å². The number of nitrogens with zero attached hydrogens (tertiary/aromatic N) is 2. The molecular formula is C18H17Cl2FN2O. The van der Waals surface area contributed by atoms with Gasteiger partial charge in [-0.3, -0.25) is 9.69 Å². The fourth-order valence-electron chi connectivity index (χ4n) is 2.95. The molecule has 6 heteroatoms. The largest absolute Gasteiger partial charge is 0.335 e. The first-order chi connectivity index (χ1) is 11.5. The summed E-state index contributed by atoms with van der Waals surface area (Å²) in [5, 5.41) is 0.762. The van der Waals surface area contributed by atoms with Gasteiger partial charge in [-0.25, -0.2) is 4.39 Å². The molecule has 0 bridgehead atoms. The van der Waals surface area contributed by atoms with E-state index in [1.807, 2.05) is 13.1 Å². The molecule has 0 aliphatic carbocycles. The van der Waals surface area contributed by atoms with Crippen LogP contribution in [0.3, 0.4) is 0 Å². The van der Waals surface area contributed by atoms with Gasteiger partial charge in [0.2, 0.25) is 0 Å². The van der Waals surface area contributed by atoms with Gasteiger partial charge in [-0.15, -0.1) is 0 Å². The first-order valence-electron chi connectivity index (χ1n) is 7.66. The van der Waals surface area contributed by atoms with Crippen molar-refractivity contribution in [2.75, 3.05) is 26.7 Å². The van der Waals surface area contributed by atoms with E-state index in [2.05, 4.69) is 4.90 Å². The Balaban J connectivity index is 1.83. The van der Waals surface area contributed by atoms with Gasteiger partial charge in [-0.05, 0) is 31.3 Å². The summed E-state index contributed by atoms with van der Waals surface area (Å²) in [6.07, 6.45) is 0. The van der Waals surface area contributed by atoms with Gasteiger partial charge in [-0.2, -0.15) is 0 Å². The van der Waals surface area contributed by atoms with Crippen molar-refractivity contribution in [3.05, 3.63) is 69.5 Å². The van der Waals surface area contributed by atoms with Crippen LogP contribution in [0.15, 0.2) is 42.5 Å². The van der Waals surface area contributed by atoms with Gasteiger partial charge in [-0.1, -0.05) is 41.4 Å². The molecule has 2 aromatic carbocycles. The van der Waals surface area contributed by atoms with Crippen molar-refractivity contribution in [3.8, 4) is 0 Å². The molecule has 0 radical (unpaired) electrons. The Morgan fingerprint density at radius 3 is 2.58 bits per heavy atom. The zero-order valence-electron chi connectivity index (χ0n) is 13.2. The summed E-state index contributed by atoms with van der Waals surface area (Å²) in [5.41, 5.74) is 1.09. The third-order valence-electron chi connectivity index (χ3n) is 4.37. The minimum Gasteiger partial charge on any atom is -0.335 e. The highest BCUT2D eigenvalue weighted by Gasteiger charge is 2.30. The predicted octanol–water partition coefficient (Wildman–Crippen LogP) is 4.26. The van der Waals surface area contributed by atoms with Crippen LogP contribution in [0.1, 0.15) is 22.0 Å². The molecule has 1 aliphatic rings. The van der Waals surface area contributed by atoms with Crippen LogP contribution in [0, 0.1) is 5.82 Å². The van der Waals surface area contributed by atoms with Crippen molar-refractivity contribution in [1.82, 2.24) is 9.80 Å². The summed E-state index contributed by atoms with van der Waals surface area (Å²) >= 11 is 11.9. The van der Waals surface area contributed by atoms with Crippen molar-refractivity contribution < 1.29 is 9.18 Å². The third-order valence-corrected chi connectivity index (χ3v) is 5.11. The summed E-state index contributed by atoms with van der Waals surface area (Å²) in [5.74, 6) is -0.374. The Labute approximate surface area is 150 Å². The molecule has 1 saturated heterocycles. The molecule has 0 saturated carbocycles. The topological polar surface area (TPSA) is 23.6 Å². The molecule has 1 unspecified atom stereocenters. The maximum atomic E-state index is 14.1. The minimum absolute atomic E-state index is 0.122. The molecule has 0 aromatic heterocycles. The molecule has 24 heavy (non-hydrogen) atoms. The van der Waals surface area contributed by atoms with Gasteiger partial charge in [0.1, 0.15) is 5.82 Å². The molecular weight excluding hydrogens is 350 g/mol. The van der Waals surface area contributed by atoms with Crippen LogP contribution < -0.4 is 0 Å². The number of hydrogen-bond acceptors (Lipinski definition) is 2. The number of piperazine rings is 1. The molecule has 1 atom stereocenters. The van der Waals surface area contributed by atoms with Crippen LogP contribution in [0.25, 0.3) is 0 Å². The molecule has 1 amide bonds. The maximum absolute atomic E-state index is 14.1. The summed E-state index contributed by atoms with van der Waals surface area (Å²) in [4.78, 5) is 16.5. The smallest absolute Gasteiger partial charge is 0.254 e. The number of hydrogen-bond donors (Lipinski definition) is 0. The number of carbonyl (C=O) groups excluding carboxylic acids is 1. The van der Waals surface area contributed by atoms with Gasteiger partial charge in [0, 0.05) is 30.8 Å². The van der Waals surface area contributed by atoms with Crippen molar-refractivity contribution in [2.45, 2.75) is 6.04 Å². The van der Waals surface area contributed by atoms with E-state index in [0.717, 1.165) is 0 Å². The van der Waals surface area contributed by atoms with E-state index in [1.165, 1.54) is 6.07 Å². The average Bonchev–Trinajstić information content (AvgIpc) is 2.58. The summed E-state index contributed by atoms with van der Waals surface area (Å²) in [6, 6.07) is 11.4. The van der Waals surface area contributed by atoms with E-state index in [9.17, 15) is 9.18 Å². The van der Waals surface area contributed by atoms with Gasteiger partial charge in [0.15, 0.2) is 0 Å². The Bertz CT molecular complexity index is 768. The van der Waals surface area contributed by atoms with Crippen molar-refractivity contribution in [2.24, 2.45) is 0 Å². The van der Waals surface area contributed by atoms with Crippen molar-refractivity contribution in [1.29, 1.82) is 0 Å². The van der Waals surface area contributed by atoms with Crippen LogP contribution in [0.2, 0.25) is 10.0 Å². The monoisotopic (exact) mass is 366 g/mol. The number of benzene rings is 2. The lowest BCUT2D eigenvalue weighted by atomic mass is 10.0. The summed E-state index contributed by atoms with van der Waals surface area (Å²) in [6.45, 7) is 1.68. The van der Waals surface area contributed by atoms with E-state index in [0.29, 0.717) is 40.8 Å². The Hall–Kier alpha value is -1.62. The number of amides is 1. The zero-order valence-corrected chi connectivity index (χ0v) is 14.7. The first-order valence-corrected chi connectivity index (χ1v) is 8.42. The third kappa shape index (κ3) is 3.41. The molecule has 2 aromatic rings. The van der Waals surface area contributed by atoms with E-state index in [4.69, 9.17) is 23.2 Å². The number of likely N-dealkylation sites (N-methyl/N-ethyl adjacent to an activating group) is 1. The van der Waals surface area contributed by atoms with Crippen LogP contribution in [-0.4, -0.2) is 42.4 Å². The van der Waals surface area contributed by atoms with E-state index in [1.54, 1.807) is 35.2 Å². The number of halogens is 3. The standard InChI is InChI=1S/C18H17Cl2FN2O/c1-22-8-9-23(11-17(22)13-4-2-3-5-16(13)21)18(24)12-6-7-14(19)15(20)10-12/h2-7,10,17H,8-9,11H2,1H3. The normalized spacial score (nSPS) is 18.7. The molecule has 0 spiro atoms. The highest BCUT2D eigenvalue weighted by Crippen LogP contribution is 2.28. The fraction of sp³-hybridized carbons (Fsp3) is 0.278. The van der Waals surface area contributed by atoms with Crippen LogP contribution in [0.4, 0.5) is 4.39 Å². The summed E-state index contributed by atoms with van der Waals surface area (Å²) in [7, 11) is 1.94. The molecule has 1 aliphatic heterocycles. The lowest BCUT2D eigenvalue weighted by molar-refractivity contribution is 0.0540. The number of carbonyl (C=O) groups is 1. The fourth-order valence-corrected chi connectivity index (χ4v) is 3.25. The van der Waals surface area contributed by atoms with Gasteiger partial charge >= 0.3 is 0 Å². The second-order valence-electron chi connectivity index (χ2n) is 5.90. The molecule has 0 N–H and O–H groups in total. The Kier molecular flexibility index (Phi) is 5.09. The van der Waals surface area contributed by atoms with Crippen LogP contribution in [0.5, 0.6) is 0 Å². The molecule has 1 fully saturated rings. The lowest BCUT2D eigenvalue weighted by Crippen LogP contribution is -2.49. The zero-order chi connectivity index (χ0) is 17.3. The summed E-state index contributed by atoms with van der Waals surface area (Å²) < 4.78 is 14.1. The molecule has 1 heterocycles. The Morgan fingerprint density at radius 2 is 1.88 bits per heavy atom. The highest BCUT2D eigenvalue weighted by atomic mass is 35.5. The Morgan fingerprint density at radius 1 is 1.12 bits per heavy atom. The van der Waals surface area contributed by atoms with E-state index < -0.39 is 0 Å². The second kappa shape index (κ2) is 7.09.